The molecule has 0 aliphatic carbocycles. The van der Waals surface area contributed by atoms with E-state index in [9.17, 15) is 13.2 Å². The molecule has 0 saturated carbocycles. The molecule has 0 fully saturated rings. The molecular formula is C20H16Cl2N2O3S. The summed E-state index contributed by atoms with van der Waals surface area (Å²) in [6, 6.07) is 19.6. The van der Waals surface area contributed by atoms with Gasteiger partial charge < -0.3 is 4.90 Å². The van der Waals surface area contributed by atoms with Crippen molar-refractivity contribution >= 4 is 50.5 Å². The van der Waals surface area contributed by atoms with Crippen LogP contribution in [0.3, 0.4) is 0 Å². The van der Waals surface area contributed by atoms with E-state index in [1.807, 2.05) is 30.3 Å². The number of sulfonamides is 1. The summed E-state index contributed by atoms with van der Waals surface area (Å²) >= 11 is 11.9. The number of carbonyl (C=O) groups is 1. The maximum absolute atomic E-state index is 12.7. The van der Waals surface area contributed by atoms with Crippen LogP contribution < -0.4 is 9.62 Å². The second-order valence-corrected chi connectivity index (χ2v) is 8.46. The number of carbonyl (C=O) groups excluding carboxylic acids is 1. The molecule has 3 rings (SSSR count). The van der Waals surface area contributed by atoms with Crippen LogP contribution in [-0.2, 0) is 10.0 Å². The lowest BCUT2D eigenvalue weighted by molar-refractivity contribution is 0.0993. The Hall–Kier alpha value is -2.54. The molecule has 0 bridgehead atoms. The van der Waals surface area contributed by atoms with Gasteiger partial charge in [-0.3, -0.25) is 9.52 Å². The summed E-state index contributed by atoms with van der Waals surface area (Å²) in [5.41, 5.74) is 1.30. The Labute approximate surface area is 173 Å². The third-order valence-corrected chi connectivity index (χ3v) is 6.09. The average molecular weight is 435 g/mol. The molecule has 0 unspecified atom stereocenters. The van der Waals surface area contributed by atoms with Gasteiger partial charge in [-0.15, -0.1) is 0 Å². The molecule has 1 amide bonds. The standard InChI is InChI=1S/C20H16Cl2N2O3S/c1-24(17-8-3-2-4-9-17)20(25)14-6-5-7-16(12-14)23-28(26,27)19-13-15(21)10-11-18(19)22/h2-13,23H,1H3. The van der Waals surface area contributed by atoms with Crippen LogP contribution in [0.5, 0.6) is 0 Å². The largest absolute Gasteiger partial charge is 0.311 e. The van der Waals surface area contributed by atoms with E-state index in [0.29, 0.717) is 5.56 Å². The second kappa shape index (κ2) is 8.22. The van der Waals surface area contributed by atoms with Crippen LogP contribution in [0.1, 0.15) is 10.4 Å². The van der Waals surface area contributed by atoms with E-state index < -0.39 is 10.0 Å². The highest BCUT2D eigenvalue weighted by molar-refractivity contribution is 7.92. The van der Waals surface area contributed by atoms with Gasteiger partial charge in [-0.2, -0.15) is 0 Å². The fourth-order valence-electron chi connectivity index (χ4n) is 2.57. The number of para-hydroxylation sites is 1. The van der Waals surface area contributed by atoms with Gasteiger partial charge in [-0.05, 0) is 48.5 Å². The maximum Gasteiger partial charge on any atom is 0.263 e. The van der Waals surface area contributed by atoms with Gasteiger partial charge in [0.05, 0.1) is 5.02 Å². The number of rotatable bonds is 5. The van der Waals surface area contributed by atoms with Gasteiger partial charge in [0.2, 0.25) is 0 Å². The van der Waals surface area contributed by atoms with Crippen LogP contribution in [-0.4, -0.2) is 21.4 Å². The Morgan fingerprint density at radius 1 is 0.929 bits per heavy atom. The molecule has 0 spiro atoms. The van der Waals surface area contributed by atoms with Crippen LogP contribution in [0.4, 0.5) is 11.4 Å². The molecule has 0 heterocycles. The Morgan fingerprint density at radius 3 is 2.36 bits per heavy atom. The van der Waals surface area contributed by atoms with Crippen LogP contribution in [0.25, 0.3) is 0 Å². The first-order chi connectivity index (χ1) is 13.3. The lowest BCUT2D eigenvalue weighted by atomic mass is 10.1. The average Bonchev–Trinajstić information content (AvgIpc) is 2.69. The molecule has 3 aromatic rings. The molecule has 1 N–H and O–H groups in total. The highest BCUT2D eigenvalue weighted by atomic mass is 35.5. The number of nitrogens with one attached hydrogen (secondary N) is 1. The number of halogens is 2. The minimum atomic E-state index is -3.97. The van der Waals surface area contributed by atoms with Crippen molar-refractivity contribution in [3.8, 4) is 0 Å². The molecule has 3 aromatic carbocycles. The number of hydrogen-bond donors (Lipinski definition) is 1. The van der Waals surface area contributed by atoms with Gasteiger partial charge in [-0.25, -0.2) is 8.42 Å². The molecule has 5 nitrogen and oxygen atoms in total. The normalized spacial score (nSPS) is 11.1. The van der Waals surface area contributed by atoms with E-state index in [2.05, 4.69) is 4.72 Å². The monoisotopic (exact) mass is 434 g/mol. The van der Waals surface area contributed by atoms with E-state index in [4.69, 9.17) is 23.2 Å². The lowest BCUT2D eigenvalue weighted by Gasteiger charge is -2.18. The highest BCUT2D eigenvalue weighted by Gasteiger charge is 2.20. The van der Waals surface area contributed by atoms with Crippen LogP contribution in [0.2, 0.25) is 10.0 Å². The molecule has 0 aliphatic rings. The number of hydrogen-bond acceptors (Lipinski definition) is 3. The summed E-state index contributed by atoms with van der Waals surface area (Å²) in [6.07, 6.45) is 0. The topological polar surface area (TPSA) is 66.5 Å². The smallest absolute Gasteiger partial charge is 0.263 e. The van der Waals surface area contributed by atoms with Crippen molar-refractivity contribution < 1.29 is 13.2 Å². The van der Waals surface area contributed by atoms with Gasteiger partial charge in [0.15, 0.2) is 0 Å². The molecule has 0 aliphatic heterocycles. The Bertz CT molecular complexity index is 1120. The second-order valence-electron chi connectivity index (χ2n) is 5.96. The van der Waals surface area contributed by atoms with E-state index in [-0.39, 0.29) is 26.5 Å². The van der Waals surface area contributed by atoms with E-state index in [1.54, 1.807) is 25.2 Å². The van der Waals surface area contributed by atoms with Gasteiger partial charge in [0, 0.05) is 29.0 Å². The zero-order chi connectivity index (χ0) is 20.3. The first kappa shape index (κ1) is 20.2. The summed E-state index contributed by atoms with van der Waals surface area (Å²) in [5, 5.41) is 0.297. The minimum Gasteiger partial charge on any atom is -0.311 e. The quantitative estimate of drug-likeness (QED) is 0.609. The molecular weight excluding hydrogens is 419 g/mol. The predicted octanol–water partition coefficient (Wildman–Crippen LogP) is 5.07. The number of amides is 1. The summed E-state index contributed by atoms with van der Waals surface area (Å²) in [4.78, 5) is 14.1. The Kier molecular flexibility index (Phi) is 5.93. The maximum atomic E-state index is 12.7. The fourth-order valence-corrected chi connectivity index (χ4v) is 4.38. The molecule has 0 atom stereocenters. The lowest BCUT2D eigenvalue weighted by Crippen LogP contribution is -2.26. The highest BCUT2D eigenvalue weighted by Crippen LogP contribution is 2.27. The Morgan fingerprint density at radius 2 is 1.64 bits per heavy atom. The molecule has 0 saturated heterocycles. The van der Waals surface area contributed by atoms with Gasteiger partial charge >= 0.3 is 0 Å². The van der Waals surface area contributed by atoms with E-state index in [0.717, 1.165) is 5.69 Å². The number of anilines is 2. The minimum absolute atomic E-state index is 0.0490. The van der Waals surface area contributed by atoms with Gasteiger partial charge in [0.25, 0.3) is 15.9 Å². The van der Waals surface area contributed by atoms with E-state index >= 15 is 0 Å². The molecule has 8 heteroatoms. The Balaban J connectivity index is 1.87. The first-order valence-corrected chi connectivity index (χ1v) is 10.4. The summed E-state index contributed by atoms with van der Waals surface area (Å²) in [5.74, 6) is -0.270. The summed E-state index contributed by atoms with van der Waals surface area (Å²) < 4.78 is 27.8. The fraction of sp³-hybridized carbons (Fsp3) is 0.0500. The van der Waals surface area contributed by atoms with Crippen LogP contribution in [0.15, 0.2) is 77.7 Å². The first-order valence-electron chi connectivity index (χ1n) is 8.19. The number of nitrogens with zero attached hydrogens (tertiary/aromatic N) is 1. The third-order valence-electron chi connectivity index (χ3n) is 3.99. The SMILES string of the molecule is CN(C(=O)c1cccc(NS(=O)(=O)c2cc(Cl)ccc2Cl)c1)c1ccccc1. The van der Waals surface area contributed by atoms with Crippen molar-refractivity contribution in [1.29, 1.82) is 0 Å². The van der Waals surface area contributed by atoms with Crippen molar-refractivity contribution in [1.82, 2.24) is 0 Å². The zero-order valence-electron chi connectivity index (χ0n) is 14.8. The van der Waals surface area contributed by atoms with Crippen molar-refractivity contribution in [2.24, 2.45) is 0 Å². The van der Waals surface area contributed by atoms with Gasteiger partial charge in [0.1, 0.15) is 4.90 Å². The van der Waals surface area contributed by atoms with Crippen molar-refractivity contribution in [2.45, 2.75) is 4.90 Å². The van der Waals surface area contributed by atoms with Crippen molar-refractivity contribution in [3.05, 3.63) is 88.4 Å². The molecule has 0 radical (unpaired) electrons. The molecule has 28 heavy (non-hydrogen) atoms. The van der Waals surface area contributed by atoms with Crippen LogP contribution in [0, 0.1) is 0 Å². The zero-order valence-corrected chi connectivity index (χ0v) is 17.1. The summed E-state index contributed by atoms with van der Waals surface area (Å²) in [6.45, 7) is 0. The van der Waals surface area contributed by atoms with E-state index in [1.165, 1.54) is 29.2 Å². The molecule has 0 aromatic heterocycles. The molecule has 144 valence electrons. The predicted molar refractivity (Wildman–Crippen MR) is 113 cm³/mol. The third kappa shape index (κ3) is 4.47. The number of benzene rings is 3. The van der Waals surface area contributed by atoms with Crippen molar-refractivity contribution in [2.75, 3.05) is 16.7 Å². The van der Waals surface area contributed by atoms with Crippen molar-refractivity contribution in [3.63, 3.8) is 0 Å². The summed E-state index contributed by atoms with van der Waals surface area (Å²) in [7, 11) is -2.32. The van der Waals surface area contributed by atoms with Crippen LogP contribution >= 0.6 is 23.2 Å². The van der Waals surface area contributed by atoms with Gasteiger partial charge in [-0.1, -0.05) is 47.5 Å².